The molecule has 1 aliphatic carbocycles. The van der Waals surface area contributed by atoms with Crippen molar-refractivity contribution in [2.24, 2.45) is 11.8 Å². The molecule has 0 radical (unpaired) electrons. The summed E-state index contributed by atoms with van der Waals surface area (Å²) in [5, 5.41) is 9.23. The molecule has 20 heavy (non-hydrogen) atoms. The van der Waals surface area contributed by atoms with Crippen molar-refractivity contribution in [1.82, 2.24) is 19.5 Å². The second-order valence-electron chi connectivity index (χ2n) is 5.89. The molecule has 1 saturated carbocycles. The fourth-order valence-corrected chi connectivity index (χ4v) is 3.12. The van der Waals surface area contributed by atoms with E-state index >= 15 is 0 Å². The van der Waals surface area contributed by atoms with Gasteiger partial charge < -0.3 is 14.6 Å². The van der Waals surface area contributed by atoms with Crippen LogP contribution < -0.4 is 4.90 Å². The van der Waals surface area contributed by atoms with Crippen molar-refractivity contribution < 1.29 is 5.11 Å². The summed E-state index contributed by atoms with van der Waals surface area (Å²) in [6, 6.07) is 0. The Balaban J connectivity index is 1.84. The summed E-state index contributed by atoms with van der Waals surface area (Å²) in [7, 11) is 3.92. The largest absolute Gasteiger partial charge is 0.396 e. The zero-order valence-electron chi connectivity index (χ0n) is 12.0. The number of aliphatic hydroxyl groups is 1. The number of anilines is 1. The number of aliphatic hydroxyl groups excluding tert-OH is 1. The van der Waals surface area contributed by atoms with Crippen LogP contribution in [0, 0.1) is 11.8 Å². The summed E-state index contributed by atoms with van der Waals surface area (Å²) in [5.74, 6) is 1.94. The zero-order valence-corrected chi connectivity index (χ0v) is 12.0. The number of hydrogen-bond acceptors (Lipinski definition) is 5. The summed E-state index contributed by atoms with van der Waals surface area (Å²) in [4.78, 5) is 15.1. The minimum atomic E-state index is 0.314. The fraction of sp³-hybridized carbons (Fsp3) is 0.643. The van der Waals surface area contributed by atoms with E-state index in [2.05, 4.69) is 19.5 Å². The van der Waals surface area contributed by atoms with Gasteiger partial charge in [0.15, 0.2) is 17.0 Å². The van der Waals surface area contributed by atoms with Gasteiger partial charge in [-0.15, -0.1) is 0 Å². The minimum Gasteiger partial charge on any atom is -0.396 e. The highest BCUT2D eigenvalue weighted by molar-refractivity contribution is 5.82. The van der Waals surface area contributed by atoms with Gasteiger partial charge in [0, 0.05) is 27.2 Å². The average molecular weight is 275 g/mol. The lowest BCUT2D eigenvalue weighted by Gasteiger charge is -2.13. The van der Waals surface area contributed by atoms with Gasteiger partial charge in [0.25, 0.3) is 0 Å². The quantitative estimate of drug-likeness (QED) is 0.911. The maximum absolute atomic E-state index is 9.23. The predicted octanol–water partition coefficient (Wildman–Crippen LogP) is 1.30. The lowest BCUT2D eigenvalue weighted by molar-refractivity contribution is 0.225. The smallest absolute Gasteiger partial charge is 0.165 e. The average Bonchev–Trinajstić information content (AvgIpc) is 3.06. The number of rotatable bonds is 4. The summed E-state index contributed by atoms with van der Waals surface area (Å²) in [5.41, 5.74) is 1.75. The maximum Gasteiger partial charge on any atom is 0.165 e. The molecular weight excluding hydrogens is 254 g/mol. The van der Waals surface area contributed by atoms with Crippen molar-refractivity contribution in [3.05, 3.63) is 12.7 Å². The Bertz CT molecular complexity index is 594. The third kappa shape index (κ3) is 2.35. The first kappa shape index (κ1) is 13.3. The molecule has 1 fully saturated rings. The second-order valence-corrected chi connectivity index (χ2v) is 5.89. The second kappa shape index (κ2) is 5.36. The van der Waals surface area contributed by atoms with Crippen LogP contribution in [0.5, 0.6) is 0 Å². The minimum absolute atomic E-state index is 0.314. The zero-order chi connectivity index (χ0) is 14.1. The van der Waals surface area contributed by atoms with Gasteiger partial charge in [-0.2, -0.15) is 0 Å². The predicted molar refractivity (Wildman–Crippen MR) is 77.6 cm³/mol. The molecule has 2 aromatic heterocycles. The van der Waals surface area contributed by atoms with E-state index in [1.807, 2.05) is 25.3 Å². The molecule has 6 heteroatoms. The molecule has 2 atom stereocenters. The van der Waals surface area contributed by atoms with Crippen molar-refractivity contribution >= 4 is 17.0 Å². The Labute approximate surface area is 118 Å². The summed E-state index contributed by atoms with van der Waals surface area (Å²) in [6.45, 7) is 1.24. The molecule has 0 aliphatic heterocycles. The highest BCUT2D eigenvalue weighted by Crippen LogP contribution is 2.32. The van der Waals surface area contributed by atoms with Crippen molar-refractivity contribution in [3.8, 4) is 0 Å². The Morgan fingerprint density at radius 3 is 2.75 bits per heavy atom. The molecule has 6 nitrogen and oxygen atoms in total. The molecule has 0 spiro atoms. The van der Waals surface area contributed by atoms with E-state index in [-0.39, 0.29) is 0 Å². The molecule has 1 N–H and O–H groups in total. The monoisotopic (exact) mass is 275 g/mol. The van der Waals surface area contributed by atoms with E-state index in [1.54, 1.807) is 6.33 Å². The van der Waals surface area contributed by atoms with Crippen LogP contribution in [-0.4, -0.2) is 45.3 Å². The molecule has 0 aromatic carbocycles. The Morgan fingerprint density at radius 2 is 2.05 bits per heavy atom. The van der Waals surface area contributed by atoms with Crippen LogP contribution in [0.25, 0.3) is 11.2 Å². The van der Waals surface area contributed by atoms with Crippen molar-refractivity contribution in [3.63, 3.8) is 0 Å². The highest BCUT2D eigenvalue weighted by atomic mass is 16.3. The van der Waals surface area contributed by atoms with Gasteiger partial charge in [0.05, 0.1) is 6.33 Å². The van der Waals surface area contributed by atoms with Crippen molar-refractivity contribution in [2.45, 2.75) is 25.8 Å². The van der Waals surface area contributed by atoms with E-state index in [1.165, 1.54) is 6.42 Å². The Morgan fingerprint density at radius 1 is 1.25 bits per heavy atom. The molecule has 0 saturated heterocycles. The number of imidazole rings is 1. The number of aromatic nitrogens is 4. The number of hydrogen-bond donors (Lipinski definition) is 1. The molecule has 0 amide bonds. The van der Waals surface area contributed by atoms with E-state index in [0.29, 0.717) is 18.4 Å². The summed E-state index contributed by atoms with van der Waals surface area (Å²) >= 11 is 0. The Hall–Kier alpha value is -1.69. The van der Waals surface area contributed by atoms with Crippen molar-refractivity contribution in [1.29, 1.82) is 0 Å². The van der Waals surface area contributed by atoms with Gasteiger partial charge in [-0.25, -0.2) is 15.0 Å². The lowest BCUT2D eigenvalue weighted by Crippen LogP contribution is -2.12. The third-order valence-electron chi connectivity index (χ3n) is 4.17. The SMILES string of the molecule is CN(C)c1ncnc2c1ncn2CC1CCC(CO)C1. The molecule has 2 unspecified atom stereocenters. The molecule has 0 bridgehead atoms. The van der Waals surface area contributed by atoms with E-state index < -0.39 is 0 Å². The normalized spacial score (nSPS) is 22.6. The first-order valence-electron chi connectivity index (χ1n) is 7.13. The maximum atomic E-state index is 9.23. The molecule has 2 heterocycles. The third-order valence-corrected chi connectivity index (χ3v) is 4.17. The van der Waals surface area contributed by atoms with Crippen LogP contribution in [-0.2, 0) is 6.54 Å². The highest BCUT2D eigenvalue weighted by Gasteiger charge is 2.25. The lowest BCUT2D eigenvalue weighted by atomic mass is 10.1. The van der Waals surface area contributed by atoms with Gasteiger partial charge in [-0.1, -0.05) is 0 Å². The van der Waals surface area contributed by atoms with Crippen LogP contribution in [0.4, 0.5) is 5.82 Å². The van der Waals surface area contributed by atoms with Gasteiger partial charge in [0.1, 0.15) is 6.33 Å². The molecule has 2 aromatic rings. The van der Waals surface area contributed by atoms with E-state index in [9.17, 15) is 5.11 Å². The van der Waals surface area contributed by atoms with Crippen molar-refractivity contribution in [2.75, 3.05) is 25.6 Å². The topological polar surface area (TPSA) is 67.1 Å². The van der Waals surface area contributed by atoms with Gasteiger partial charge in [-0.05, 0) is 31.1 Å². The molecule has 108 valence electrons. The number of fused-ring (bicyclic) bond motifs is 1. The van der Waals surface area contributed by atoms with Crippen LogP contribution in [0.1, 0.15) is 19.3 Å². The van der Waals surface area contributed by atoms with E-state index in [4.69, 9.17) is 0 Å². The summed E-state index contributed by atoms with van der Waals surface area (Å²) < 4.78 is 2.12. The van der Waals surface area contributed by atoms with Crippen LogP contribution in [0.2, 0.25) is 0 Å². The van der Waals surface area contributed by atoms with Crippen LogP contribution >= 0.6 is 0 Å². The van der Waals surface area contributed by atoms with Gasteiger partial charge in [0.2, 0.25) is 0 Å². The molecular formula is C14H21N5O. The first-order chi connectivity index (χ1) is 9.69. The molecule has 1 aliphatic rings. The first-order valence-corrected chi connectivity index (χ1v) is 7.13. The van der Waals surface area contributed by atoms with Gasteiger partial charge >= 0.3 is 0 Å². The summed E-state index contributed by atoms with van der Waals surface area (Å²) in [6.07, 6.45) is 6.86. The van der Waals surface area contributed by atoms with Crippen LogP contribution in [0.15, 0.2) is 12.7 Å². The van der Waals surface area contributed by atoms with E-state index in [0.717, 1.165) is 36.4 Å². The fourth-order valence-electron chi connectivity index (χ4n) is 3.12. The molecule has 3 rings (SSSR count). The Kier molecular flexibility index (Phi) is 3.56. The standard InChI is InChI=1S/C14H21N5O/c1-18(2)13-12-14(16-8-15-13)19(9-17-12)6-10-3-4-11(5-10)7-20/h8-11,20H,3-7H2,1-2H3. The number of nitrogens with zero attached hydrogens (tertiary/aromatic N) is 5. The van der Waals surface area contributed by atoms with Crippen LogP contribution in [0.3, 0.4) is 0 Å². The van der Waals surface area contributed by atoms with Gasteiger partial charge in [-0.3, -0.25) is 0 Å².